The van der Waals surface area contributed by atoms with Gasteiger partial charge in [0.15, 0.2) is 0 Å². The molecule has 1 fully saturated rings. The summed E-state index contributed by atoms with van der Waals surface area (Å²) < 4.78 is 1.20. The summed E-state index contributed by atoms with van der Waals surface area (Å²) >= 11 is 5.34. The van der Waals surface area contributed by atoms with Crippen molar-refractivity contribution in [2.75, 3.05) is 13.1 Å². The van der Waals surface area contributed by atoms with E-state index in [0.29, 0.717) is 6.04 Å². The molecule has 0 saturated carbocycles. The molecule has 2 rings (SSSR count). The van der Waals surface area contributed by atoms with E-state index in [-0.39, 0.29) is 0 Å². The second-order valence-electron chi connectivity index (χ2n) is 4.34. The Morgan fingerprint density at radius 1 is 1.62 bits per heavy atom. The van der Waals surface area contributed by atoms with Crippen molar-refractivity contribution in [1.82, 2.24) is 4.90 Å². The van der Waals surface area contributed by atoms with Gasteiger partial charge in [-0.05, 0) is 53.9 Å². The summed E-state index contributed by atoms with van der Waals surface area (Å²) in [5, 5.41) is 0. The number of thiophene rings is 1. The van der Waals surface area contributed by atoms with Gasteiger partial charge in [0.1, 0.15) is 0 Å². The average Bonchev–Trinajstić information content (AvgIpc) is 2.89. The van der Waals surface area contributed by atoms with Crippen LogP contribution in [0.2, 0.25) is 0 Å². The zero-order chi connectivity index (χ0) is 11.5. The van der Waals surface area contributed by atoms with Crippen LogP contribution in [0.3, 0.4) is 0 Å². The van der Waals surface area contributed by atoms with E-state index in [9.17, 15) is 0 Å². The summed E-state index contributed by atoms with van der Waals surface area (Å²) in [7, 11) is 0. The Morgan fingerprint density at radius 3 is 3.00 bits per heavy atom. The number of nitrogens with two attached hydrogens (primary N) is 1. The molecule has 1 aliphatic rings. The first-order chi connectivity index (χ1) is 7.76. The summed E-state index contributed by atoms with van der Waals surface area (Å²) in [6, 6.07) is 5.48. The summed E-state index contributed by atoms with van der Waals surface area (Å²) in [6.07, 6.45) is 3.89. The van der Waals surface area contributed by atoms with E-state index in [2.05, 4.69) is 39.9 Å². The normalized spacial score (nSPS) is 23.8. The maximum atomic E-state index is 5.96. The fraction of sp³-hybridized carbons (Fsp3) is 0.667. The van der Waals surface area contributed by atoms with Crippen LogP contribution in [-0.2, 0) is 0 Å². The number of nitrogens with zero attached hydrogens (tertiary/aromatic N) is 1. The summed E-state index contributed by atoms with van der Waals surface area (Å²) in [5.41, 5.74) is 5.96. The van der Waals surface area contributed by atoms with Gasteiger partial charge in [-0.1, -0.05) is 6.92 Å². The fourth-order valence-corrected chi connectivity index (χ4v) is 4.19. The van der Waals surface area contributed by atoms with E-state index in [4.69, 9.17) is 5.73 Å². The summed E-state index contributed by atoms with van der Waals surface area (Å²) in [4.78, 5) is 3.99. The fourth-order valence-electron chi connectivity index (χ4n) is 2.63. The minimum Gasteiger partial charge on any atom is -0.329 e. The second-order valence-corrected chi connectivity index (χ2v) is 6.83. The maximum Gasteiger partial charge on any atom is 0.0702 e. The molecular formula is C12H19BrN2S. The zero-order valence-electron chi connectivity index (χ0n) is 9.66. The molecule has 1 saturated heterocycles. The summed E-state index contributed by atoms with van der Waals surface area (Å²) in [6.45, 7) is 4.21. The number of halogens is 1. The first-order valence-electron chi connectivity index (χ1n) is 5.97. The Morgan fingerprint density at radius 2 is 2.44 bits per heavy atom. The highest BCUT2D eigenvalue weighted by molar-refractivity contribution is 9.11. The van der Waals surface area contributed by atoms with Gasteiger partial charge in [-0.3, -0.25) is 4.90 Å². The second kappa shape index (κ2) is 5.63. The lowest BCUT2D eigenvalue weighted by Crippen LogP contribution is -2.36. The molecule has 1 aliphatic heterocycles. The van der Waals surface area contributed by atoms with Crippen LogP contribution in [0.4, 0.5) is 0 Å². The third kappa shape index (κ3) is 2.50. The monoisotopic (exact) mass is 302 g/mol. The van der Waals surface area contributed by atoms with Crippen LogP contribution in [-0.4, -0.2) is 24.0 Å². The zero-order valence-corrected chi connectivity index (χ0v) is 12.1. The van der Waals surface area contributed by atoms with Crippen molar-refractivity contribution in [1.29, 1.82) is 0 Å². The van der Waals surface area contributed by atoms with E-state index in [1.54, 1.807) is 0 Å². The number of hydrogen-bond donors (Lipinski definition) is 1. The van der Waals surface area contributed by atoms with Crippen molar-refractivity contribution in [3.05, 3.63) is 20.8 Å². The number of rotatable bonds is 4. The standard InChI is InChI=1S/C12H19BrN2S/c1-2-9-4-3-7-15(9)10(8-14)11-5-6-12(13)16-11/h5-6,9-10H,2-4,7-8,14H2,1H3. The molecule has 4 heteroatoms. The van der Waals surface area contributed by atoms with Crippen molar-refractivity contribution >= 4 is 27.3 Å². The van der Waals surface area contributed by atoms with Crippen LogP contribution in [0.1, 0.15) is 37.1 Å². The van der Waals surface area contributed by atoms with E-state index < -0.39 is 0 Å². The van der Waals surface area contributed by atoms with Crippen molar-refractivity contribution < 1.29 is 0 Å². The van der Waals surface area contributed by atoms with Gasteiger partial charge in [-0.25, -0.2) is 0 Å². The molecule has 2 N–H and O–H groups in total. The maximum absolute atomic E-state index is 5.96. The molecule has 2 atom stereocenters. The number of likely N-dealkylation sites (tertiary alicyclic amines) is 1. The van der Waals surface area contributed by atoms with Crippen molar-refractivity contribution in [2.45, 2.75) is 38.3 Å². The lowest BCUT2D eigenvalue weighted by molar-refractivity contribution is 0.183. The van der Waals surface area contributed by atoms with Crippen molar-refractivity contribution in [2.24, 2.45) is 5.73 Å². The van der Waals surface area contributed by atoms with E-state index in [1.165, 1.54) is 34.5 Å². The van der Waals surface area contributed by atoms with E-state index >= 15 is 0 Å². The Balaban J connectivity index is 2.15. The van der Waals surface area contributed by atoms with Gasteiger partial charge >= 0.3 is 0 Å². The van der Waals surface area contributed by atoms with E-state index in [0.717, 1.165) is 12.6 Å². The molecule has 1 aromatic heterocycles. The third-order valence-electron chi connectivity index (χ3n) is 3.44. The SMILES string of the molecule is CCC1CCCN1C(CN)c1ccc(Br)s1. The highest BCUT2D eigenvalue weighted by Gasteiger charge is 2.30. The molecule has 2 unspecified atom stereocenters. The molecule has 2 heterocycles. The molecule has 0 aromatic carbocycles. The Kier molecular flexibility index (Phi) is 4.41. The third-order valence-corrected chi connectivity index (χ3v) is 5.16. The largest absolute Gasteiger partial charge is 0.329 e. The Labute approximate surface area is 110 Å². The topological polar surface area (TPSA) is 29.3 Å². The first kappa shape index (κ1) is 12.6. The highest BCUT2D eigenvalue weighted by atomic mass is 79.9. The smallest absolute Gasteiger partial charge is 0.0702 e. The molecular weight excluding hydrogens is 284 g/mol. The molecule has 16 heavy (non-hydrogen) atoms. The van der Waals surface area contributed by atoms with Gasteiger partial charge in [-0.15, -0.1) is 11.3 Å². The Hall–Kier alpha value is 0.1000. The van der Waals surface area contributed by atoms with Gasteiger partial charge in [0.25, 0.3) is 0 Å². The van der Waals surface area contributed by atoms with Crippen LogP contribution < -0.4 is 5.73 Å². The molecule has 0 amide bonds. The minimum absolute atomic E-state index is 0.420. The van der Waals surface area contributed by atoms with Crippen LogP contribution in [0.25, 0.3) is 0 Å². The summed E-state index contributed by atoms with van der Waals surface area (Å²) in [5.74, 6) is 0. The van der Waals surface area contributed by atoms with Gasteiger partial charge in [0.05, 0.1) is 9.83 Å². The minimum atomic E-state index is 0.420. The average molecular weight is 303 g/mol. The molecule has 0 spiro atoms. The van der Waals surface area contributed by atoms with Gasteiger partial charge < -0.3 is 5.73 Å². The van der Waals surface area contributed by atoms with Crippen LogP contribution in [0.15, 0.2) is 15.9 Å². The predicted molar refractivity (Wildman–Crippen MR) is 73.8 cm³/mol. The van der Waals surface area contributed by atoms with Crippen LogP contribution in [0, 0.1) is 0 Å². The molecule has 0 bridgehead atoms. The van der Waals surface area contributed by atoms with Gasteiger partial charge in [-0.2, -0.15) is 0 Å². The van der Waals surface area contributed by atoms with Crippen molar-refractivity contribution in [3.8, 4) is 0 Å². The first-order valence-corrected chi connectivity index (χ1v) is 7.58. The quantitative estimate of drug-likeness (QED) is 0.924. The van der Waals surface area contributed by atoms with Crippen LogP contribution in [0.5, 0.6) is 0 Å². The lowest BCUT2D eigenvalue weighted by Gasteiger charge is -2.31. The predicted octanol–water partition coefficient (Wildman–Crippen LogP) is 3.38. The van der Waals surface area contributed by atoms with Crippen LogP contribution >= 0.6 is 27.3 Å². The van der Waals surface area contributed by atoms with E-state index in [1.807, 2.05) is 11.3 Å². The molecule has 1 aromatic rings. The lowest BCUT2D eigenvalue weighted by atomic mass is 10.1. The van der Waals surface area contributed by atoms with Crippen molar-refractivity contribution in [3.63, 3.8) is 0 Å². The number of hydrogen-bond acceptors (Lipinski definition) is 3. The van der Waals surface area contributed by atoms with Gasteiger partial charge in [0.2, 0.25) is 0 Å². The van der Waals surface area contributed by atoms with Gasteiger partial charge in [0, 0.05) is 17.5 Å². The molecule has 2 nitrogen and oxygen atoms in total. The molecule has 90 valence electrons. The molecule has 0 aliphatic carbocycles. The Bertz CT molecular complexity index is 340. The highest BCUT2D eigenvalue weighted by Crippen LogP contribution is 2.35. The molecule has 0 radical (unpaired) electrons.